The Bertz CT molecular complexity index is 223. The van der Waals surface area contributed by atoms with E-state index in [-0.39, 0.29) is 19.0 Å². The summed E-state index contributed by atoms with van der Waals surface area (Å²) in [7, 11) is 1.67. The van der Waals surface area contributed by atoms with Crippen LogP contribution in [-0.4, -0.2) is 37.1 Å². The smallest absolute Gasteiger partial charge is 0.311 e. The molecule has 0 heterocycles. The molecular formula is C8H14N2O3. The monoisotopic (exact) mass is 186 g/mol. The number of hydrogen-bond acceptors (Lipinski definition) is 3. The van der Waals surface area contributed by atoms with Gasteiger partial charge in [-0.1, -0.05) is 0 Å². The van der Waals surface area contributed by atoms with Crippen LogP contribution in [0, 0.1) is 5.41 Å². The number of carbonyl (C=O) groups excluding carboxylic acids is 1. The second kappa shape index (κ2) is 3.74. The first-order chi connectivity index (χ1) is 6.10. The minimum atomic E-state index is -0.808. The van der Waals surface area contributed by atoms with Crippen molar-refractivity contribution in [2.75, 3.05) is 20.1 Å². The van der Waals surface area contributed by atoms with E-state index in [1.165, 1.54) is 0 Å². The third-order valence-corrected chi connectivity index (χ3v) is 2.27. The van der Waals surface area contributed by atoms with Crippen LogP contribution in [0.25, 0.3) is 0 Å². The van der Waals surface area contributed by atoms with Gasteiger partial charge in [-0.05, 0) is 19.9 Å². The second-order valence-electron chi connectivity index (χ2n) is 3.39. The minimum absolute atomic E-state index is 0.157. The summed E-state index contributed by atoms with van der Waals surface area (Å²) < 4.78 is 0. The van der Waals surface area contributed by atoms with Crippen LogP contribution in [-0.2, 0) is 9.59 Å². The number of carbonyl (C=O) groups is 2. The molecule has 3 N–H and O–H groups in total. The predicted molar refractivity (Wildman–Crippen MR) is 46.2 cm³/mol. The van der Waals surface area contributed by atoms with Crippen molar-refractivity contribution >= 4 is 11.9 Å². The van der Waals surface area contributed by atoms with Crippen LogP contribution in [0.4, 0.5) is 0 Å². The molecule has 74 valence electrons. The molecule has 0 saturated heterocycles. The fourth-order valence-electron chi connectivity index (χ4n) is 1.11. The van der Waals surface area contributed by atoms with Gasteiger partial charge in [0.05, 0.1) is 12.0 Å². The van der Waals surface area contributed by atoms with E-state index in [1.807, 2.05) is 0 Å². The Hall–Kier alpha value is -1.10. The number of rotatable bonds is 5. The van der Waals surface area contributed by atoms with Gasteiger partial charge in [-0.15, -0.1) is 0 Å². The Morgan fingerprint density at radius 1 is 1.46 bits per heavy atom. The Labute approximate surface area is 76.5 Å². The summed E-state index contributed by atoms with van der Waals surface area (Å²) in [5.74, 6) is -0.965. The normalized spacial score (nSPS) is 17.9. The molecule has 0 bridgehead atoms. The Kier molecular flexibility index (Phi) is 2.87. The second-order valence-corrected chi connectivity index (χ2v) is 3.39. The molecule has 1 amide bonds. The molecule has 0 aliphatic heterocycles. The molecule has 0 aromatic rings. The molecule has 0 aromatic carbocycles. The number of aliphatic carboxylic acids is 1. The van der Waals surface area contributed by atoms with E-state index in [2.05, 4.69) is 10.6 Å². The number of amides is 1. The first kappa shape index (κ1) is 9.98. The molecule has 1 saturated carbocycles. The highest BCUT2D eigenvalue weighted by Gasteiger charge is 2.50. The lowest BCUT2D eigenvalue weighted by molar-refractivity contribution is -0.143. The van der Waals surface area contributed by atoms with Crippen molar-refractivity contribution in [3.8, 4) is 0 Å². The Morgan fingerprint density at radius 2 is 2.08 bits per heavy atom. The van der Waals surface area contributed by atoms with Crippen molar-refractivity contribution in [2.24, 2.45) is 5.41 Å². The molecule has 1 rings (SSSR count). The van der Waals surface area contributed by atoms with Crippen molar-refractivity contribution in [3.05, 3.63) is 0 Å². The molecule has 0 aromatic heterocycles. The van der Waals surface area contributed by atoms with Gasteiger partial charge in [-0.2, -0.15) is 0 Å². The maximum atomic E-state index is 11.0. The molecule has 1 aliphatic rings. The standard InChI is InChI=1S/C8H14N2O3/c1-9-4-6(11)10-5-8(2-3-8)7(12)13/h9H,2-5H2,1H3,(H,10,11)(H,12,13). The molecule has 0 atom stereocenters. The zero-order valence-electron chi connectivity index (χ0n) is 7.59. The molecule has 0 radical (unpaired) electrons. The topological polar surface area (TPSA) is 78.4 Å². The van der Waals surface area contributed by atoms with Gasteiger partial charge < -0.3 is 15.7 Å². The summed E-state index contributed by atoms with van der Waals surface area (Å²) in [6.45, 7) is 0.485. The van der Waals surface area contributed by atoms with Crippen molar-refractivity contribution in [2.45, 2.75) is 12.8 Å². The van der Waals surface area contributed by atoms with E-state index in [0.717, 1.165) is 0 Å². The molecule has 5 heteroatoms. The average molecular weight is 186 g/mol. The first-order valence-corrected chi connectivity index (χ1v) is 4.25. The fraction of sp³-hybridized carbons (Fsp3) is 0.750. The third kappa shape index (κ3) is 2.42. The van der Waals surface area contributed by atoms with Crippen LogP contribution in [0.1, 0.15) is 12.8 Å². The maximum absolute atomic E-state index is 11.0. The largest absolute Gasteiger partial charge is 0.481 e. The highest BCUT2D eigenvalue weighted by Crippen LogP contribution is 2.45. The minimum Gasteiger partial charge on any atom is -0.481 e. The van der Waals surface area contributed by atoms with Gasteiger partial charge in [0.15, 0.2) is 0 Å². The van der Waals surface area contributed by atoms with Crippen LogP contribution in [0.15, 0.2) is 0 Å². The molecule has 13 heavy (non-hydrogen) atoms. The van der Waals surface area contributed by atoms with Gasteiger partial charge >= 0.3 is 5.97 Å². The highest BCUT2D eigenvalue weighted by atomic mass is 16.4. The molecule has 5 nitrogen and oxygen atoms in total. The van der Waals surface area contributed by atoms with Crippen molar-refractivity contribution in [1.29, 1.82) is 0 Å². The van der Waals surface area contributed by atoms with Crippen LogP contribution >= 0.6 is 0 Å². The molecule has 0 spiro atoms. The summed E-state index contributed by atoms with van der Waals surface area (Å²) in [6.07, 6.45) is 1.34. The van der Waals surface area contributed by atoms with E-state index in [4.69, 9.17) is 5.11 Å². The van der Waals surface area contributed by atoms with Gasteiger partial charge in [0, 0.05) is 6.54 Å². The van der Waals surface area contributed by atoms with Crippen molar-refractivity contribution in [1.82, 2.24) is 10.6 Å². The van der Waals surface area contributed by atoms with Crippen LogP contribution in [0.5, 0.6) is 0 Å². The number of hydrogen-bond donors (Lipinski definition) is 3. The van der Waals surface area contributed by atoms with Crippen LogP contribution < -0.4 is 10.6 Å². The maximum Gasteiger partial charge on any atom is 0.311 e. The quantitative estimate of drug-likeness (QED) is 0.524. The lowest BCUT2D eigenvalue weighted by Crippen LogP contribution is -2.38. The lowest BCUT2D eigenvalue weighted by atomic mass is 10.1. The SMILES string of the molecule is CNCC(=O)NCC1(C(=O)O)CC1. The molecule has 1 aliphatic carbocycles. The highest BCUT2D eigenvalue weighted by molar-refractivity contribution is 5.81. The van der Waals surface area contributed by atoms with E-state index in [1.54, 1.807) is 7.05 Å². The summed E-state index contributed by atoms with van der Waals surface area (Å²) in [5, 5.41) is 14.1. The lowest BCUT2D eigenvalue weighted by Gasteiger charge is -2.10. The zero-order chi connectivity index (χ0) is 9.90. The number of carboxylic acids is 1. The van der Waals surface area contributed by atoms with Gasteiger partial charge in [0.25, 0.3) is 0 Å². The third-order valence-electron chi connectivity index (χ3n) is 2.27. The molecule has 0 unspecified atom stereocenters. The molecular weight excluding hydrogens is 172 g/mol. The van der Waals surface area contributed by atoms with Crippen molar-refractivity contribution < 1.29 is 14.7 Å². The van der Waals surface area contributed by atoms with Crippen LogP contribution in [0.2, 0.25) is 0 Å². The van der Waals surface area contributed by atoms with Gasteiger partial charge in [0.2, 0.25) is 5.91 Å². The number of carboxylic acid groups (broad SMARTS) is 1. The average Bonchev–Trinajstić information content (AvgIpc) is 2.82. The van der Waals surface area contributed by atoms with Crippen molar-refractivity contribution in [3.63, 3.8) is 0 Å². The van der Waals surface area contributed by atoms with E-state index >= 15 is 0 Å². The first-order valence-electron chi connectivity index (χ1n) is 4.25. The summed E-state index contributed by atoms with van der Waals surface area (Å²) >= 11 is 0. The van der Waals surface area contributed by atoms with E-state index < -0.39 is 11.4 Å². The number of likely N-dealkylation sites (N-methyl/N-ethyl adjacent to an activating group) is 1. The summed E-state index contributed by atoms with van der Waals surface area (Å²) in [6, 6.07) is 0. The Balaban J connectivity index is 2.26. The van der Waals surface area contributed by atoms with Gasteiger partial charge in [-0.3, -0.25) is 9.59 Å². The predicted octanol–water partition coefficient (Wildman–Crippen LogP) is -0.813. The summed E-state index contributed by atoms with van der Waals surface area (Å²) in [5.41, 5.74) is -0.663. The zero-order valence-corrected chi connectivity index (χ0v) is 7.59. The number of nitrogens with one attached hydrogen (secondary N) is 2. The van der Waals surface area contributed by atoms with Crippen LogP contribution in [0.3, 0.4) is 0 Å². The fourth-order valence-corrected chi connectivity index (χ4v) is 1.11. The van der Waals surface area contributed by atoms with Gasteiger partial charge in [0.1, 0.15) is 0 Å². The Morgan fingerprint density at radius 3 is 2.46 bits per heavy atom. The van der Waals surface area contributed by atoms with E-state index in [9.17, 15) is 9.59 Å². The summed E-state index contributed by atoms with van der Waals surface area (Å²) in [4.78, 5) is 21.7. The molecule has 1 fully saturated rings. The van der Waals surface area contributed by atoms with E-state index in [0.29, 0.717) is 12.8 Å². The van der Waals surface area contributed by atoms with Gasteiger partial charge in [-0.25, -0.2) is 0 Å².